The molecule has 1 saturated carbocycles. The van der Waals surface area contributed by atoms with E-state index in [1.165, 1.54) is 32.1 Å². The Labute approximate surface area is 117 Å². The molecule has 0 aromatic heterocycles. The van der Waals surface area contributed by atoms with Gasteiger partial charge in [-0.05, 0) is 43.2 Å². The lowest BCUT2D eigenvalue weighted by molar-refractivity contribution is 0.288. The quantitative estimate of drug-likeness (QED) is 0.828. The van der Waals surface area contributed by atoms with Crippen LogP contribution in [0, 0.1) is 11.8 Å². The Bertz CT molecular complexity index is 389. The van der Waals surface area contributed by atoms with Crippen LogP contribution < -0.4 is 10.1 Å². The van der Waals surface area contributed by atoms with Crippen molar-refractivity contribution < 1.29 is 4.74 Å². The van der Waals surface area contributed by atoms with E-state index in [1.54, 1.807) is 7.11 Å². The van der Waals surface area contributed by atoms with E-state index in [4.69, 9.17) is 4.74 Å². The fourth-order valence-corrected chi connectivity index (χ4v) is 3.29. The lowest BCUT2D eigenvalue weighted by Gasteiger charge is -2.31. The fraction of sp³-hybridized carbons (Fsp3) is 0.647. The van der Waals surface area contributed by atoms with Crippen molar-refractivity contribution in [2.24, 2.45) is 11.8 Å². The number of ether oxygens (including phenoxy) is 1. The smallest absolute Gasteiger partial charge is 0.141 e. The first-order valence-electron chi connectivity index (χ1n) is 7.58. The van der Waals surface area contributed by atoms with Crippen molar-refractivity contribution in [1.82, 2.24) is 0 Å². The molecule has 1 fully saturated rings. The van der Waals surface area contributed by atoms with Gasteiger partial charge in [-0.2, -0.15) is 0 Å². The first-order valence-corrected chi connectivity index (χ1v) is 7.58. The van der Waals surface area contributed by atoms with Gasteiger partial charge < -0.3 is 10.1 Å². The van der Waals surface area contributed by atoms with Crippen LogP contribution in [-0.4, -0.2) is 13.2 Å². The van der Waals surface area contributed by atoms with Crippen molar-refractivity contribution in [3.05, 3.63) is 24.3 Å². The molecule has 2 heteroatoms. The number of para-hydroxylation sites is 2. The molecule has 2 unspecified atom stereocenters. The molecular weight excluding hydrogens is 234 g/mol. The summed E-state index contributed by atoms with van der Waals surface area (Å²) in [7, 11) is 1.74. The molecule has 0 spiro atoms. The number of benzene rings is 1. The average molecular weight is 261 g/mol. The summed E-state index contributed by atoms with van der Waals surface area (Å²) in [6, 6.07) is 8.83. The van der Waals surface area contributed by atoms with Crippen LogP contribution in [0.3, 0.4) is 0 Å². The Kier molecular flexibility index (Phi) is 5.12. The van der Waals surface area contributed by atoms with Crippen LogP contribution in [0.4, 0.5) is 5.69 Å². The second-order valence-electron chi connectivity index (χ2n) is 6.20. The standard InChI is InChI=1S/C17H27NO/c1-13(2)11-14-7-6-8-15(12-14)18-16-9-4-5-10-17(16)19-3/h4-5,9-10,13-15,18H,6-8,11-12H2,1-3H3. The van der Waals surface area contributed by atoms with Crippen LogP contribution >= 0.6 is 0 Å². The van der Waals surface area contributed by atoms with E-state index in [1.807, 2.05) is 12.1 Å². The molecule has 2 nitrogen and oxygen atoms in total. The van der Waals surface area contributed by atoms with Gasteiger partial charge in [0.25, 0.3) is 0 Å². The molecule has 0 aliphatic heterocycles. The maximum absolute atomic E-state index is 5.42. The largest absolute Gasteiger partial charge is 0.495 e. The van der Waals surface area contributed by atoms with Crippen molar-refractivity contribution in [2.75, 3.05) is 12.4 Å². The first kappa shape index (κ1) is 14.2. The van der Waals surface area contributed by atoms with E-state index in [9.17, 15) is 0 Å². The zero-order valence-corrected chi connectivity index (χ0v) is 12.5. The number of rotatable bonds is 5. The average Bonchev–Trinajstić information content (AvgIpc) is 2.39. The van der Waals surface area contributed by atoms with Crippen LogP contribution in [0.5, 0.6) is 5.75 Å². The molecule has 0 amide bonds. The van der Waals surface area contributed by atoms with E-state index in [2.05, 4.69) is 31.3 Å². The van der Waals surface area contributed by atoms with E-state index in [-0.39, 0.29) is 0 Å². The van der Waals surface area contributed by atoms with Gasteiger partial charge in [0, 0.05) is 6.04 Å². The maximum Gasteiger partial charge on any atom is 0.141 e. The SMILES string of the molecule is COc1ccccc1NC1CCCC(CC(C)C)C1. The molecule has 0 heterocycles. The van der Waals surface area contributed by atoms with Gasteiger partial charge in [-0.1, -0.05) is 38.8 Å². The van der Waals surface area contributed by atoms with Crippen LogP contribution in [0.25, 0.3) is 0 Å². The molecule has 1 aromatic rings. The van der Waals surface area contributed by atoms with Gasteiger partial charge in [0.05, 0.1) is 12.8 Å². The summed E-state index contributed by atoms with van der Waals surface area (Å²) in [5.41, 5.74) is 1.14. The lowest BCUT2D eigenvalue weighted by Crippen LogP contribution is -2.28. The zero-order valence-electron chi connectivity index (χ0n) is 12.5. The number of anilines is 1. The summed E-state index contributed by atoms with van der Waals surface area (Å²) in [5, 5.41) is 3.68. The summed E-state index contributed by atoms with van der Waals surface area (Å²) < 4.78 is 5.42. The van der Waals surface area contributed by atoms with Crippen molar-refractivity contribution in [3.8, 4) is 5.75 Å². The minimum absolute atomic E-state index is 0.605. The molecule has 19 heavy (non-hydrogen) atoms. The molecule has 0 bridgehead atoms. The molecule has 106 valence electrons. The molecule has 1 aliphatic rings. The van der Waals surface area contributed by atoms with Crippen molar-refractivity contribution in [2.45, 2.75) is 52.0 Å². The molecule has 1 N–H and O–H groups in total. The van der Waals surface area contributed by atoms with Crippen LogP contribution in [0.2, 0.25) is 0 Å². The molecule has 2 rings (SSSR count). The number of hydrogen-bond donors (Lipinski definition) is 1. The molecule has 0 saturated heterocycles. The van der Waals surface area contributed by atoms with E-state index in [0.717, 1.165) is 23.3 Å². The molecule has 1 aromatic carbocycles. The van der Waals surface area contributed by atoms with Crippen molar-refractivity contribution in [3.63, 3.8) is 0 Å². The van der Waals surface area contributed by atoms with Gasteiger partial charge in [0.15, 0.2) is 0 Å². The maximum atomic E-state index is 5.42. The molecule has 1 aliphatic carbocycles. The normalized spacial score (nSPS) is 23.4. The van der Waals surface area contributed by atoms with Gasteiger partial charge in [0.1, 0.15) is 5.75 Å². The summed E-state index contributed by atoms with van der Waals surface area (Å²) in [5.74, 6) is 2.66. The Hall–Kier alpha value is -1.18. The summed E-state index contributed by atoms with van der Waals surface area (Å²) in [6.07, 6.45) is 6.71. The highest BCUT2D eigenvalue weighted by Gasteiger charge is 2.23. The predicted molar refractivity (Wildman–Crippen MR) is 81.8 cm³/mol. The van der Waals surface area contributed by atoms with Crippen LogP contribution in [0.1, 0.15) is 46.0 Å². The van der Waals surface area contributed by atoms with E-state index in [0.29, 0.717) is 6.04 Å². The number of methoxy groups -OCH3 is 1. The van der Waals surface area contributed by atoms with Crippen molar-refractivity contribution in [1.29, 1.82) is 0 Å². The van der Waals surface area contributed by atoms with Gasteiger partial charge in [-0.3, -0.25) is 0 Å². The van der Waals surface area contributed by atoms with Crippen molar-refractivity contribution >= 4 is 5.69 Å². The third-order valence-electron chi connectivity index (χ3n) is 4.05. The monoisotopic (exact) mass is 261 g/mol. The predicted octanol–water partition coefficient (Wildman–Crippen LogP) is 4.71. The highest BCUT2D eigenvalue weighted by atomic mass is 16.5. The van der Waals surface area contributed by atoms with Gasteiger partial charge in [-0.25, -0.2) is 0 Å². The fourth-order valence-electron chi connectivity index (χ4n) is 3.29. The minimum atomic E-state index is 0.605. The van der Waals surface area contributed by atoms with Gasteiger partial charge in [0.2, 0.25) is 0 Å². The molecule has 2 atom stereocenters. The van der Waals surface area contributed by atoms with Gasteiger partial charge >= 0.3 is 0 Å². The number of hydrogen-bond acceptors (Lipinski definition) is 2. The Balaban J connectivity index is 1.95. The molecular formula is C17H27NO. The second-order valence-corrected chi connectivity index (χ2v) is 6.20. The highest BCUT2D eigenvalue weighted by Crippen LogP contribution is 2.33. The Morgan fingerprint density at radius 2 is 2.05 bits per heavy atom. The number of nitrogens with one attached hydrogen (secondary N) is 1. The van der Waals surface area contributed by atoms with Gasteiger partial charge in [-0.15, -0.1) is 0 Å². The summed E-state index contributed by atoms with van der Waals surface area (Å²) in [6.45, 7) is 4.66. The zero-order chi connectivity index (χ0) is 13.7. The van der Waals surface area contributed by atoms with E-state index >= 15 is 0 Å². The van der Waals surface area contributed by atoms with Crippen LogP contribution in [-0.2, 0) is 0 Å². The molecule has 0 radical (unpaired) electrons. The second kappa shape index (κ2) is 6.83. The first-order chi connectivity index (χ1) is 9.19. The Morgan fingerprint density at radius 1 is 1.26 bits per heavy atom. The minimum Gasteiger partial charge on any atom is -0.495 e. The topological polar surface area (TPSA) is 21.3 Å². The lowest BCUT2D eigenvalue weighted by atomic mass is 9.81. The Morgan fingerprint density at radius 3 is 2.79 bits per heavy atom. The third-order valence-corrected chi connectivity index (χ3v) is 4.05. The highest BCUT2D eigenvalue weighted by molar-refractivity contribution is 5.56. The third kappa shape index (κ3) is 4.15. The summed E-state index contributed by atoms with van der Waals surface area (Å²) in [4.78, 5) is 0. The summed E-state index contributed by atoms with van der Waals surface area (Å²) >= 11 is 0. The van der Waals surface area contributed by atoms with Crippen LogP contribution in [0.15, 0.2) is 24.3 Å². The van der Waals surface area contributed by atoms with E-state index < -0.39 is 0 Å².